The maximum absolute atomic E-state index is 12.1. The average molecular weight is 504 g/mol. The number of nitrogens with one attached hydrogen (secondary N) is 1. The molecular formula is C27H37NO6S. The minimum atomic E-state index is -3.50. The third-order valence-electron chi connectivity index (χ3n) is 6.17. The number of rotatable bonds is 13. The molecule has 0 bridgehead atoms. The molecule has 0 aromatic heterocycles. The molecule has 0 saturated heterocycles. The number of hydrogen-bond acceptors (Lipinski definition) is 7. The van der Waals surface area contributed by atoms with Crippen LogP contribution in [0.15, 0.2) is 42.5 Å². The van der Waals surface area contributed by atoms with Crippen molar-refractivity contribution < 1.29 is 26.9 Å². The van der Waals surface area contributed by atoms with Gasteiger partial charge in [-0.1, -0.05) is 18.2 Å². The molecule has 0 aliphatic heterocycles. The molecule has 0 saturated carbocycles. The van der Waals surface area contributed by atoms with Crippen LogP contribution < -0.4 is 9.50 Å². The molecule has 1 aliphatic carbocycles. The van der Waals surface area contributed by atoms with Crippen LogP contribution in [0.2, 0.25) is 0 Å². The Morgan fingerprint density at radius 2 is 1.86 bits per heavy atom. The van der Waals surface area contributed by atoms with E-state index in [2.05, 4.69) is 5.32 Å². The molecule has 0 amide bonds. The van der Waals surface area contributed by atoms with Crippen molar-refractivity contribution in [2.24, 2.45) is 5.92 Å². The molecular weight excluding hydrogens is 466 g/mol. The fourth-order valence-electron chi connectivity index (χ4n) is 4.52. The first-order valence-electron chi connectivity index (χ1n) is 12.4. The summed E-state index contributed by atoms with van der Waals surface area (Å²) in [7, 11) is -3.50. The van der Waals surface area contributed by atoms with Gasteiger partial charge in [0, 0.05) is 25.3 Å². The molecule has 0 heterocycles. The Balaban J connectivity index is 1.41. The molecule has 192 valence electrons. The highest BCUT2D eigenvalue weighted by Crippen LogP contribution is 2.31. The number of ether oxygens (including phenoxy) is 2. The Morgan fingerprint density at radius 3 is 2.54 bits per heavy atom. The van der Waals surface area contributed by atoms with Gasteiger partial charge in [0.15, 0.2) is 6.10 Å². The van der Waals surface area contributed by atoms with E-state index in [1.54, 1.807) is 13.0 Å². The summed E-state index contributed by atoms with van der Waals surface area (Å²) in [6.07, 6.45) is 6.28. The first-order chi connectivity index (χ1) is 16.8. The molecule has 2 aromatic carbocycles. The van der Waals surface area contributed by atoms with Crippen molar-refractivity contribution in [3.63, 3.8) is 0 Å². The van der Waals surface area contributed by atoms with Gasteiger partial charge >= 0.3 is 16.1 Å². The summed E-state index contributed by atoms with van der Waals surface area (Å²) in [5, 5.41) is 3.49. The second-order valence-electron chi connectivity index (χ2n) is 8.99. The summed E-state index contributed by atoms with van der Waals surface area (Å²) in [5.74, 6) is 0.713. The summed E-state index contributed by atoms with van der Waals surface area (Å²) in [6.45, 7) is 5.38. The van der Waals surface area contributed by atoms with Gasteiger partial charge in [0.1, 0.15) is 5.75 Å². The van der Waals surface area contributed by atoms with E-state index in [1.807, 2.05) is 43.3 Å². The van der Waals surface area contributed by atoms with Gasteiger partial charge in [-0.25, -0.2) is 4.79 Å². The SMILES string of the molecule is CCOC(=O)C(Cc1ccc(NCCCC2CCc3cc(OS(C)(=O)=O)ccc3C2)cc1)OCC. The highest BCUT2D eigenvalue weighted by atomic mass is 32.2. The average Bonchev–Trinajstić information content (AvgIpc) is 2.81. The monoisotopic (exact) mass is 503 g/mol. The van der Waals surface area contributed by atoms with E-state index in [4.69, 9.17) is 13.7 Å². The van der Waals surface area contributed by atoms with Crippen LogP contribution in [-0.2, 0) is 43.6 Å². The van der Waals surface area contributed by atoms with Crippen molar-refractivity contribution in [1.82, 2.24) is 0 Å². The molecule has 0 fully saturated rings. The van der Waals surface area contributed by atoms with E-state index < -0.39 is 16.2 Å². The molecule has 8 heteroatoms. The summed E-state index contributed by atoms with van der Waals surface area (Å²) in [4.78, 5) is 12.1. The molecule has 1 aliphatic rings. The van der Waals surface area contributed by atoms with Crippen molar-refractivity contribution in [3.8, 4) is 5.75 Å². The predicted octanol–water partition coefficient (Wildman–Crippen LogP) is 4.53. The van der Waals surface area contributed by atoms with Crippen molar-refractivity contribution in [2.75, 3.05) is 31.3 Å². The third kappa shape index (κ3) is 8.85. The number of fused-ring (bicyclic) bond motifs is 1. The fraction of sp³-hybridized carbons (Fsp3) is 0.519. The highest BCUT2D eigenvalue weighted by molar-refractivity contribution is 7.86. The summed E-state index contributed by atoms with van der Waals surface area (Å²) >= 11 is 0. The number of aryl methyl sites for hydroxylation is 1. The van der Waals surface area contributed by atoms with Crippen LogP contribution in [0, 0.1) is 5.92 Å². The minimum absolute atomic E-state index is 0.315. The largest absolute Gasteiger partial charge is 0.464 e. The molecule has 2 unspecified atom stereocenters. The van der Waals surface area contributed by atoms with Gasteiger partial charge in [-0.2, -0.15) is 8.42 Å². The molecule has 1 N–H and O–H groups in total. The van der Waals surface area contributed by atoms with Crippen LogP contribution in [-0.4, -0.2) is 46.5 Å². The Hall–Kier alpha value is -2.58. The Morgan fingerprint density at radius 1 is 1.09 bits per heavy atom. The van der Waals surface area contributed by atoms with Crippen molar-refractivity contribution >= 4 is 21.8 Å². The Labute approximate surface area is 209 Å². The van der Waals surface area contributed by atoms with Crippen molar-refractivity contribution in [2.45, 2.75) is 58.5 Å². The van der Waals surface area contributed by atoms with Crippen LogP contribution in [0.5, 0.6) is 5.75 Å². The van der Waals surface area contributed by atoms with Crippen LogP contribution in [0.4, 0.5) is 5.69 Å². The number of carbonyl (C=O) groups excluding carboxylic acids is 1. The van der Waals surface area contributed by atoms with E-state index in [1.165, 1.54) is 11.1 Å². The molecule has 7 nitrogen and oxygen atoms in total. The second-order valence-corrected chi connectivity index (χ2v) is 10.6. The van der Waals surface area contributed by atoms with Crippen LogP contribution >= 0.6 is 0 Å². The van der Waals surface area contributed by atoms with E-state index >= 15 is 0 Å². The molecule has 3 rings (SSSR count). The third-order valence-corrected chi connectivity index (χ3v) is 6.66. The van der Waals surface area contributed by atoms with E-state index in [-0.39, 0.29) is 5.97 Å². The van der Waals surface area contributed by atoms with Gasteiger partial charge in [0.2, 0.25) is 0 Å². The zero-order chi connectivity index (χ0) is 25.3. The molecule has 0 radical (unpaired) electrons. The highest BCUT2D eigenvalue weighted by Gasteiger charge is 2.21. The zero-order valence-electron chi connectivity index (χ0n) is 20.9. The van der Waals surface area contributed by atoms with Crippen LogP contribution in [0.3, 0.4) is 0 Å². The number of esters is 1. The maximum Gasteiger partial charge on any atom is 0.335 e. The molecule has 2 atom stereocenters. The van der Waals surface area contributed by atoms with Gasteiger partial charge in [-0.15, -0.1) is 0 Å². The standard InChI is InChI=1S/C27H37NO6S/c1-4-32-26(27(29)33-5-2)18-21-9-13-24(14-10-21)28-16-6-7-20-8-11-23-19-25(34-35(3,30)31)15-12-22(23)17-20/h9-10,12-15,19-20,26,28H,4-8,11,16-18H2,1-3H3. The minimum Gasteiger partial charge on any atom is -0.464 e. The second kappa shape index (κ2) is 12.9. The Bertz CT molecular complexity index is 1070. The first-order valence-corrected chi connectivity index (χ1v) is 14.2. The lowest BCUT2D eigenvalue weighted by Crippen LogP contribution is -2.28. The number of anilines is 1. The van der Waals surface area contributed by atoms with E-state index in [9.17, 15) is 13.2 Å². The molecule has 0 spiro atoms. The van der Waals surface area contributed by atoms with Gasteiger partial charge in [0.05, 0.1) is 12.9 Å². The lowest BCUT2D eigenvalue weighted by Gasteiger charge is -2.25. The number of hydrogen-bond donors (Lipinski definition) is 1. The fourth-order valence-corrected chi connectivity index (χ4v) is 4.98. The quantitative estimate of drug-likeness (QED) is 0.244. The first kappa shape index (κ1) is 27.0. The molecule has 35 heavy (non-hydrogen) atoms. The number of carbonyl (C=O) groups is 1. The summed E-state index contributed by atoms with van der Waals surface area (Å²) in [6, 6.07) is 13.7. The van der Waals surface area contributed by atoms with Gasteiger partial charge in [-0.05, 0) is 92.8 Å². The predicted molar refractivity (Wildman–Crippen MR) is 137 cm³/mol. The van der Waals surface area contributed by atoms with Crippen LogP contribution in [0.1, 0.15) is 49.8 Å². The van der Waals surface area contributed by atoms with Gasteiger partial charge in [0.25, 0.3) is 0 Å². The van der Waals surface area contributed by atoms with Crippen molar-refractivity contribution in [1.29, 1.82) is 0 Å². The van der Waals surface area contributed by atoms with Crippen LogP contribution in [0.25, 0.3) is 0 Å². The topological polar surface area (TPSA) is 90.9 Å². The van der Waals surface area contributed by atoms with Crippen molar-refractivity contribution in [3.05, 3.63) is 59.2 Å². The lowest BCUT2D eigenvalue weighted by atomic mass is 9.81. The van der Waals surface area contributed by atoms with Gasteiger partial charge in [-0.3, -0.25) is 0 Å². The Kier molecular flexibility index (Phi) is 9.98. The van der Waals surface area contributed by atoms with Gasteiger partial charge < -0.3 is 19.0 Å². The van der Waals surface area contributed by atoms with E-state index in [0.29, 0.717) is 31.3 Å². The summed E-state index contributed by atoms with van der Waals surface area (Å²) in [5.41, 5.74) is 4.58. The maximum atomic E-state index is 12.1. The lowest BCUT2D eigenvalue weighted by molar-refractivity contribution is -0.156. The van der Waals surface area contributed by atoms with E-state index in [0.717, 1.165) is 56.2 Å². The molecule has 2 aromatic rings. The summed E-state index contributed by atoms with van der Waals surface area (Å²) < 4.78 is 38.4. The normalized spacial score (nSPS) is 16.3. The zero-order valence-corrected chi connectivity index (χ0v) is 21.7. The number of benzene rings is 2. The smallest absolute Gasteiger partial charge is 0.335 e.